The third kappa shape index (κ3) is 1.91. The highest BCUT2D eigenvalue weighted by atomic mass is 16.6. The van der Waals surface area contributed by atoms with Crippen LogP contribution < -0.4 is 0 Å². The predicted octanol–water partition coefficient (Wildman–Crippen LogP) is 5.57. The molecule has 0 radical (unpaired) electrons. The molecule has 0 aromatic heterocycles. The van der Waals surface area contributed by atoms with Crippen molar-refractivity contribution in [2.75, 3.05) is 0 Å². The van der Waals surface area contributed by atoms with Gasteiger partial charge in [-0.15, -0.1) is 0 Å². The topological polar surface area (TPSA) is 43.1 Å². The fourth-order valence-electron chi connectivity index (χ4n) is 3.84. The summed E-state index contributed by atoms with van der Waals surface area (Å²) in [5.74, 6) is 0. The second-order valence-corrected chi connectivity index (χ2v) is 6.67. The molecule has 0 saturated heterocycles. The predicted molar refractivity (Wildman–Crippen MR) is 96.1 cm³/mol. The van der Waals surface area contributed by atoms with Crippen LogP contribution in [-0.4, -0.2) is 4.92 Å². The molecule has 1 aliphatic carbocycles. The molecule has 1 aliphatic rings. The van der Waals surface area contributed by atoms with E-state index in [4.69, 9.17) is 0 Å². The number of rotatable bonds is 2. The zero-order valence-electron chi connectivity index (χ0n) is 13.6. The van der Waals surface area contributed by atoms with Crippen molar-refractivity contribution in [2.24, 2.45) is 0 Å². The van der Waals surface area contributed by atoms with E-state index in [1.54, 1.807) is 12.1 Å². The maximum absolute atomic E-state index is 11.5. The molecule has 0 spiro atoms. The average molecular weight is 315 g/mol. The van der Waals surface area contributed by atoms with Crippen molar-refractivity contribution in [3.63, 3.8) is 0 Å². The molecular formula is C21H17NO2. The smallest absolute Gasteiger partial charge is 0.258 e. The molecule has 0 amide bonds. The molecule has 0 unspecified atom stereocenters. The molecule has 24 heavy (non-hydrogen) atoms. The van der Waals surface area contributed by atoms with E-state index in [1.165, 1.54) is 16.7 Å². The van der Waals surface area contributed by atoms with Crippen LogP contribution in [0, 0.1) is 10.1 Å². The van der Waals surface area contributed by atoms with E-state index < -0.39 is 0 Å². The van der Waals surface area contributed by atoms with Crippen LogP contribution in [-0.2, 0) is 5.41 Å². The molecule has 3 aromatic carbocycles. The van der Waals surface area contributed by atoms with E-state index in [1.807, 2.05) is 30.3 Å². The first kappa shape index (κ1) is 14.6. The zero-order chi connectivity index (χ0) is 16.9. The fraction of sp³-hybridized carbons (Fsp3) is 0.143. The zero-order valence-corrected chi connectivity index (χ0v) is 13.6. The summed E-state index contributed by atoms with van der Waals surface area (Å²) in [5.41, 5.74) is 6.42. The Labute approximate surface area is 140 Å². The lowest BCUT2D eigenvalue weighted by Crippen LogP contribution is -2.14. The van der Waals surface area contributed by atoms with Crippen LogP contribution in [0.2, 0.25) is 0 Å². The summed E-state index contributed by atoms with van der Waals surface area (Å²) >= 11 is 0. The van der Waals surface area contributed by atoms with Crippen LogP contribution in [0.1, 0.15) is 25.0 Å². The first-order valence-electron chi connectivity index (χ1n) is 7.99. The van der Waals surface area contributed by atoms with Gasteiger partial charge in [0.2, 0.25) is 0 Å². The van der Waals surface area contributed by atoms with E-state index >= 15 is 0 Å². The Morgan fingerprint density at radius 1 is 0.750 bits per heavy atom. The fourth-order valence-corrected chi connectivity index (χ4v) is 3.84. The van der Waals surface area contributed by atoms with Crippen molar-refractivity contribution in [3.8, 4) is 22.3 Å². The molecular weight excluding hydrogens is 298 g/mol. The first-order chi connectivity index (χ1) is 11.5. The van der Waals surface area contributed by atoms with Crippen LogP contribution in [0.4, 0.5) is 5.69 Å². The lowest BCUT2D eigenvalue weighted by molar-refractivity contribution is -0.384. The molecule has 3 aromatic rings. The monoisotopic (exact) mass is 315 g/mol. The second-order valence-electron chi connectivity index (χ2n) is 6.67. The maximum atomic E-state index is 11.5. The quantitative estimate of drug-likeness (QED) is 0.458. The van der Waals surface area contributed by atoms with Gasteiger partial charge in [0.25, 0.3) is 5.69 Å². The largest absolute Gasteiger partial charge is 0.277 e. The normalized spacial score (nSPS) is 14.1. The Morgan fingerprint density at radius 2 is 1.33 bits per heavy atom. The van der Waals surface area contributed by atoms with E-state index in [-0.39, 0.29) is 16.0 Å². The number of hydrogen-bond acceptors (Lipinski definition) is 2. The van der Waals surface area contributed by atoms with Crippen LogP contribution in [0.15, 0.2) is 66.7 Å². The highest BCUT2D eigenvalue weighted by molar-refractivity contribution is 5.94. The summed E-state index contributed by atoms with van der Waals surface area (Å²) in [4.78, 5) is 11.2. The minimum atomic E-state index is -0.305. The van der Waals surface area contributed by atoms with Crippen LogP contribution >= 0.6 is 0 Å². The minimum absolute atomic E-state index is 0.106. The number of para-hydroxylation sites is 1. The van der Waals surface area contributed by atoms with E-state index in [2.05, 4.69) is 38.1 Å². The molecule has 118 valence electrons. The maximum Gasteiger partial charge on any atom is 0.277 e. The van der Waals surface area contributed by atoms with Gasteiger partial charge in [-0.25, -0.2) is 0 Å². The Hall–Kier alpha value is -2.94. The van der Waals surface area contributed by atoms with Crippen molar-refractivity contribution in [1.82, 2.24) is 0 Å². The molecule has 0 bridgehead atoms. The molecule has 0 saturated carbocycles. The van der Waals surface area contributed by atoms with Gasteiger partial charge in [-0.1, -0.05) is 68.4 Å². The Morgan fingerprint density at radius 3 is 2.08 bits per heavy atom. The van der Waals surface area contributed by atoms with Gasteiger partial charge >= 0.3 is 0 Å². The molecule has 3 nitrogen and oxygen atoms in total. The van der Waals surface area contributed by atoms with Gasteiger partial charge in [0.05, 0.1) is 10.5 Å². The highest BCUT2D eigenvalue weighted by Gasteiger charge is 2.37. The number of hydrogen-bond donors (Lipinski definition) is 0. The van der Waals surface area contributed by atoms with Gasteiger partial charge in [-0.2, -0.15) is 0 Å². The summed E-state index contributed by atoms with van der Waals surface area (Å²) in [7, 11) is 0. The second kappa shape index (κ2) is 5.03. The lowest BCUT2D eigenvalue weighted by atomic mass is 9.82. The Kier molecular flexibility index (Phi) is 3.07. The third-order valence-electron chi connectivity index (χ3n) is 5.00. The molecule has 0 fully saturated rings. The summed E-state index contributed by atoms with van der Waals surface area (Å²) in [6, 6.07) is 21.4. The number of benzene rings is 3. The number of nitrogens with zero attached hydrogens (tertiary/aromatic N) is 1. The van der Waals surface area contributed by atoms with Crippen LogP contribution in [0.3, 0.4) is 0 Å². The standard InChI is InChI=1S/C21H17NO2/c1-21(2)17-11-5-3-9-16(17)20-15(10-7-12-18(20)21)14-8-4-6-13-19(14)22(23)24/h3-13H,1-2H3. The molecule has 3 heteroatoms. The number of fused-ring (bicyclic) bond motifs is 3. The Bertz CT molecular complexity index is 973. The van der Waals surface area contributed by atoms with Crippen molar-refractivity contribution in [3.05, 3.63) is 88.0 Å². The van der Waals surface area contributed by atoms with Crippen LogP contribution in [0.5, 0.6) is 0 Å². The summed E-state index contributed by atoms with van der Waals surface area (Å²) in [5, 5.41) is 11.5. The van der Waals surface area contributed by atoms with E-state index in [0.29, 0.717) is 5.56 Å². The van der Waals surface area contributed by atoms with E-state index in [0.717, 1.165) is 11.1 Å². The van der Waals surface area contributed by atoms with Gasteiger partial charge in [-0.05, 0) is 33.9 Å². The summed E-state index contributed by atoms with van der Waals surface area (Å²) < 4.78 is 0. The highest BCUT2D eigenvalue weighted by Crippen LogP contribution is 2.52. The van der Waals surface area contributed by atoms with Crippen molar-refractivity contribution < 1.29 is 4.92 Å². The van der Waals surface area contributed by atoms with E-state index in [9.17, 15) is 10.1 Å². The number of nitro benzene ring substituents is 1. The molecule has 0 N–H and O–H groups in total. The average Bonchev–Trinajstić information content (AvgIpc) is 2.83. The molecule has 0 atom stereocenters. The molecule has 0 heterocycles. The SMILES string of the molecule is CC1(C)c2ccccc2-c2c(-c3ccccc3[N+](=O)[O-])cccc21. The summed E-state index contributed by atoms with van der Waals surface area (Å²) in [6.07, 6.45) is 0. The van der Waals surface area contributed by atoms with Gasteiger partial charge < -0.3 is 0 Å². The third-order valence-corrected chi connectivity index (χ3v) is 5.00. The van der Waals surface area contributed by atoms with Crippen molar-refractivity contribution >= 4 is 5.69 Å². The van der Waals surface area contributed by atoms with Crippen LogP contribution in [0.25, 0.3) is 22.3 Å². The summed E-state index contributed by atoms with van der Waals surface area (Å²) in [6.45, 7) is 4.42. The van der Waals surface area contributed by atoms with Gasteiger partial charge in [0.1, 0.15) is 0 Å². The first-order valence-corrected chi connectivity index (χ1v) is 7.99. The Balaban J connectivity index is 2.08. The minimum Gasteiger partial charge on any atom is -0.258 e. The van der Waals surface area contributed by atoms with Crippen molar-refractivity contribution in [1.29, 1.82) is 0 Å². The van der Waals surface area contributed by atoms with Crippen molar-refractivity contribution in [2.45, 2.75) is 19.3 Å². The number of nitro groups is 1. The van der Waals surface area contributed by atoms with Gasteiger partial charge in [0.15, 0.2) is 0 Å². The van der Waals surface area contributed by atoms with Gasteiger partial charge in [-0.3, -0.25) is 10.1 Å². The lowest BCUT2D eigenvalue weighted by Gasteiger charge is -2.21. The molecule has 0 aliphatic heterocycles. The molecule has 4 rings (SSSR count). The van der Waals surface area contributed by atoms with Gasteiger partial charge in [0, 0.05) is 11.5 Å².